The van der Waals surface area contributed by atoms with Crippen LogP contribution in [0.5, 0.6) is 0 Å². The SMILES string of the molecule is NNc1ncnc2scc(-c3ccccc3Cl)c12. The van der Waals surface area contributed by atoms with Crippen LogP contribution in [0.1, 0.15) is 0 Å². The van der Waals surface area contributed by atoms with Crippen molar-refractivity contribution >= 4 is 39.0 Å². The van der Waals surface area contributed by atoms with Crippen molar-refractivity contribution in [3.8, 4) is 11.1 Å². The van der Waals surface area contributed by atoms with E-state index in [2.05, 4.69) is 15.4 Å². The standard InChI is InChI=1S/C12H9ClN4S/c13-9-4-2-1-3-7(9)8-5-18-12-10(8)11(17-14)15-6-16-12/h1-6H,14H2,(H,15,16,17). The van der Waals surface area contributed by atoms with Gasteiger partial charge < -0.3 is 5.43 Å². The highest BCUT2D eigenvalue weighted by atomic mass is 35.5. The third-order valence-electron chi connectivity index (χ3n) is 2.67. The van der Waals surface area contributed by atoms with Gasteiger partial charge in [0.2, 0.25) is 0 Å². The Hall–Kier alpha value is -1.69. The lowest BCUT2D eigenvalue weighted by Crippen LogP contribution is -2.09. The lowest BCUT2D eigenvalue weighted by atomic mass is 10.1. The Morgan fingerprint density at radius 1 is 1.17 bits per heavy atom. The summed E-state index contributed by atoms with van der Waals surface area (Å²) in [5.41, 5.74) is 4.55. The molecule has 6 heteroatoms. The molecule has 0 aliphatic heterocycles. The Bertz CT molecular complexity index is 710. The van der Waals surface area contributed by atoms with Gasteiger partial charge in [-0.05, 0) is 6.07 Å². The van der Waals surface area contributed by atoms with E-state index in [4.69, 9.17) is 17.4 Å². The molecule has 0 radical (unpaired) electrons. The Morgan fingerprint density at radius 2 is 2.00 bits per heavy atom. The van der Waals surface area contributed by atoms with Crippen LogP contribution in [0.25, 0.3) is 21.3 Å². The van der Waals surface area contributed by atoms with E-state index >= 15 is 0 Å². The summed E-state index contributed by atoms with van der Waals surface area (Å²) >= 11 is 7.77. The van der Waals surface area contributed by atoms with E-state index in [1.165, 1.54) is 6.33 Å². The summed E-state index contributed by atoms with van der Waals surface area (Å²) in [7, 11) is 0. The van der Waals surface area contributed by atoms with Gasteiger partial charge in [-0.2, -0.15) is 0 Å². The highest BCUT2D eigenvalue weighted by molar-refractivity contribution is 7.17. The number of benzene rings is 1. The maximum Gasteiger partial charge on any atom is 0.152 e. The molecule has 3 N–H and O–H groups in total. The first-order valence-corrected chi connectivity index (χ1v) is 6.50. The first-order valence-electron chi connectivity index (χ1n) is 5.25. The second kappa shape index (κ2) is 4.53. The number of thiophene rings is 1. The molecule has 1 aromatic carbocycles. The molecule has 2 heterocycles. The zero-order valence-electron chi connectivity index (χ0n) is 9.22. The van der Waals surface area contributed by atoms with Gasteiger partial charge in [0.05, 0.1) is 5.39 Å². The number of aromatic nitrogens is 2. The smallest absolute Gasteiger partial charge is 0.152 e. The van der Waals surface area contributed by atoms with Crippen molar-refractivity contribution in [1.29, 1.82) is 0 Å². The Morgan fingerprint density at radius 3 is 2.78 bits per heavy atom. The number of rotatable bonds is 2. The fourth-order valence-corrected chi connectivity index (χ4v) is 3.01. The molecular weight excluding hydrogens is 268 g/mol. The molecule has 0 aliphatic carbocycles. The van der Waals surface area contributed by atoms with Crippen LogP contribution < -0.4 is 11.3 Å². The second-order valence-corrected chi connectivity index (χ2v) is 4.94. The number of nitrogen functional groups attached to an aromatic ring is 1. The molecule has 0 bridgehead atoms. The molecule has 0 saturated carbocycles. The number of hydrogen-bond acceptors (Lipinski definition) is 5. The van der Waals surface area contributed by atoms with Crippen LogP contribution in [0.2, 0.25) is 5.02 Å². The van der Waals surface area contributed by atoms with E-state index in [0.29, 0.717) is 10.8 Å². The van der Waals surface area contributed by atoms with Gasteiger partial charge in [0, 0.05) is 21.5 Å². The summed E-state index contributed by atoms with van der Waals surface area (Å²) in [6, 6.07) is 7.68. The Kier molecular flexibility index (Phi) is 2.87. The van der Waals surface area contributed by atoms with Crippen molar-refractivity contribution in [2.45, 2.75) is 0 Å². The van der Waals surface area contributed by atoms with E-state index in [1.54, 1.807) is 11.3 Å². The van der Waals surface area contributed by atoms with Crippen LogP contribution in [-0.4, -0.2) is 9.97 Å². The van der Waals surface area contributed by atoms with Gasteiger partial charge in [0.15, 0.2) is 5.82 Å². The Labute approximate surface area is 112 Å². The minimum atomic E-state index is 0.608. The third kappa shape index (κ3) is 1.73. The average molecular weight is 277 g/mol. The maximum absolute atomic E-state index is 6.22. The average Bonchev–Trinajstić information content (AvgIpc) is 2.83. The quantitative estimate of drug-likeness (QED) is 0.557. The molecule has 18 heavy (non-hydrogen) atoms. The van der Waals surface area contributed by atoms with Crippen LogP contribution in [0.4, 0.5) is 5.82 Å². The number of nitrogens with one attached hydrogen (secondary N) is 1. The normalized spacial score (nSPS) is 10.8. The molecule has 0 atom stereocenters. The van der Waals surface area contributed by atoms with Gasteiger partial charge >= 0.3 is 0 Å². The minimum Gasteiger partial charge on any atom is -0.308 e. The highest BCUT2D eigenvalue weighted by Crippen LogP contribution is 2.38. The molecule has 90 valence electrons. The molecule has 2 aromatic heterocycles. The number of anilines is 1. The molecule has 0 unspecified atom stereocenters. The number of nitrogens with two attached hydrogens (primary N) is 1. The fraction of sp³-hybridized carbons (Fsp3) is 0. The molecular formula is C12H9ClN4S. The van der Waals surface area contributed by atoms with Crippen molar-refractivity contribution in [2.24, 2.45) is 5.84 Å². The summed E-state index contributed by atoms with van der Waals surface area (Å²) in [6.07, 6.45) is 1.49. The number of fused-ring (bicyclic) bond motifs is 1. The van der Waals surface area contributed by atoms with Crippen LogP contribution >= 0.6 is 22.9 Å². The van der Waals surface area contributed by atoms with Crippen molar-refractivity contribution in [1.82, 2.24) is 9.97 Å². The minimum absolute atomic E-state index is 0.608. The van der Waals surface area contributed by atoms with Crippen LogP contribution in [0.15, 0.2) is 36.0 Å². The maximum atomic E-state index is 6.22. The molecule has 4 nitrogen and oxygen atoms in total. The number of halogens is 1. The van der Waals surface area contributed by atoms with Crippen LogP contribution in [0.3, 0.4) is 0 Å². The lowest BCUT2D eigenvalue weighted by Gasteiger charge is -2.05. The van der Waals surface area contributed by atoms with Gasteiger partial charge in [-0.3, -0.25) is 0 Å². The fourth-order valence-electron chi connectivity index (χ4n) is 1.86. The number of hydrogen-bond donors (Lipinski definition) is 2. The van der Waals surface area contributed by atoms with Gasteiger partial charge in [-0.1, -0.05) is 29.8 Å². The molecule has 0 amide bonds. The monoisotopic (exact) mass is 276 g/mol. The van der Waals surface area contributed by atoms with Crippen molar-refractivity contribution in [2.75, 3.05) is 5.43 Å². The van der Waals surface area contributed by atoms with Crippen LogP contribution in [0, 0.1) is 0 Å². The first-order chi connectivity index (χ1) is 8.81. The summed E-state index contributed by atoms with van der Waals surface area (Å²) in [6.45, 7) is 0. The van der Waals surface area contributed by atoms with Gasteiger partial charge in [0.1, 0.15) is 11.2 Å². The molecule has 0 fully saturated rings. The van der Waals surface area contributed by atoms with Crippen molar-refractivity contribution in [3.63, 3.8) is 0 Å². The van der Waals surface area contributed by atoms with E-state index in [9.17, 15) is 0 Å². The largest absolute Gasteiger partial charge is 0.308 e. The van der Waals surface area contributed by atoms with E-state index in [1.807, 2.05) is 29.6 Å². The van der Waals surface area contributed by atoms with Crippen molar-refractivity contribution < 1.29 is 0 Å². The molecule has 3 rings (SSSR count). The molecule has 0 aliphatic rings. The zero-order chi connectivity index (χ0) is 12.5. The van der Waals surface area contributed by atoms with E-state index in [-0.39, 0.29) is 0 Å². The predicted octanol–water partition coefficient (Wildman–Crippen LogP) is 3.30. The Balaban J connectivity index is 2.34. The third-order valence-corrected chi connectivity index (χ3v) is 3.89. The summed E-state index contributed by atoms with van der Waals surface area (Å²) in [4.78, 5) is 9.25. The topological polar surface area (TPSA) is 63.8 Å². The van der Waals surface area contributed by atoms with Gasteiger partial charge in [-0.25, -0.2) is 15.8 Å². The molecule has 0 spiro atoms. The summed E-state index contributed by atoms with van der Waals surface area (Å²) in [5, 5.41) is 3.61. The summed E-state index contributed by atoms with van der Waals surface area (Å²) in [5.74, 6) is 6.10. The van der Waals surface area contributed by atoms with E-state index in [0.717, 1.165) is 21.3 Å². The predicted molar refractivity (Wildman–Crippen MR) is 75.7 cm³/mol. The second-order valence-electron chi connectivity index (χ2n) is 3.68. The van der Waals surface area contributed by atoms with Crippen molar-refractivity contribution in [3.05, 3.63) is 41.0 Å². The molecule has 0 saturated heterocycles. The van der Waals surface area contributed by atoms with Gasteiger partial charge in [0.25, 0.3) is 0 Å². The zero-order valence-corrected chi connectivity index (χ0v) is 10.8. The van der Waals surface area contributed by atoms with Crippen LogP contribution in [-0.2, 0) is 0 Å². The number of hydrazine groups is 1. The molecule has 3 aromatic rings. The lowest BCUT2D eigenvalue weighted by molar-refractivity contribution is 1.19. The summed E-state index contributed by atoms with van der Waals surface area (Å²) < 4.78 is 0. The van der Waals surface area contributed by atoms with Gasteiger partial charge in [-0.15, -0.1) is 11.3 Å². The highest BCUT2D eigenvalue weighted by Gasteiger charge is 2.13. The number of nitrogens with zero attached hydrogens (tertiary/aromatic N) is 2. The first kappa shape index (κ1) is 11.4. The van der Waals surface area contributed by atoms with E-state index < -0.39 is 0 Å².